The number of likely N-dealkylation sites (tertiary alicyclic amines) is 1. The molecule has 0 spiro atoms. The summed E-state index contributed by atoms with van der Waals surface area (Å²) in [5.41, 5.74) is 0.963. The summed E-state index contributed by atoms with van der Waals surface area (Å²) in [7, 11) is 0. The number of nitrogens with one attached hydrogen (secondary N) is 1. The Labute approximate surface area is 173 Å². The first kappa shape index (κ1) is 19.8. The zero-order valence-electron chi connectivity index (χ0n) is 16.7. The van der Waals surface area contributed by atoms with Gasteiger partial charge in [0.25, 0.3) is 11.4 Å². The van der Waals surface area contributed by atoms with Crippen LogP contribution in [0.5, 0.6) is 5.88 Å². The van der Waals surface area contributed by atoms with Gasteiger partial charge in [0, 0.05) is 50.2 Å². The standard InChI is InChI=1S/C21H23N5O4/c1-2-29-19-11-15(30-25-19)6-7-20(28)26-10-8-14(13-26)21-23-17(12-18(27)24-21)16-5-3-4-9-22-16/h3-5,9,11-12,14H,2,6-8,10,13H2,1H3,(H,23,24,27). The molecule has 1 saturated heterocycles. The lowest BCUT2D eigenvalue weighted by molar-refractivity contribution is -0.130. The molecule has 0 bridgehead atoms. The minimum atomic E-state index is -0.221. The van der Waals surface area contributed by atoms with Gasteiger partial charge in [-0.1, -0.05) is 6.07 Å². The van der Waals surface area contributed by atoms with Gasteiger partial charge < -0.3 is 19.1 Å². The Balaban J connectivity index is 1.38. The highest BCUT2D eigenvalue weighted by Gasteiger charge is 2.29. The third kappa shape index (κ3) is 4.56. The lowest BCUT2D eigenvalue weighted by Crippen LogP contribution is -2.29. The van der Waals surface area contributed by atoms with Crippen molar-refractivity contribution in [3.8, 4) is 17.3 Å². The van der Waals surface area contributed by atoms with Gasteiger partial charge in [0.1, 0.15) is 11.6 Å². The summed E-state index contributed by atoms with van der Waals surface area (Å²) >= 11 is 0. The van der Waals surface area contributed by atoms with E-state index in [1.165, 1.54) is 6.07 Å². The molecule has 156 valence electrons. The lowest BCUT2D eigenvalue weighted by atomic mass is 10.1. The van der Waals surface area contributed by atoms with Crippen molar-refractivity contribution < 1.29 is 14.1 Å². The van der Waals surface area contributed by atoms with Crippen molar-refractivity contribution in [1.82, 2.24) is 25.0 Å². The molecule has 30 heavy (non-hydrogen) atoms. The number of hydrogen-bond donors (Lipinski definition) is 1. The Bertz CT molecular complexity index is 1060. The van der Waals surface area contributed by atoms with E-state index in [1.54, 1.807) is 17.2 Å². The molecule has 1 atom stereocenters. The average Bonchev–Trinajstić information content (AvgIpc) is 3.42. The molecule has 1 aliphatic rings. The van der Waals surface area contributed by atoms with Crippen LogP contribution in [0, 0.1) is 0 Å². The van der Waals surface area contributed by atoms with Crippen LogP contribution in [0.3, 0.4) is 0 Å². The maximum absolute atomic E-state index is 12.6. The van der Waals surface area contributed by atoms with E-state index < -0.39 is 0 Å². The number of hydrogen-bond acceptors (Lipinski definition) is 7. The predicted molar refractivity (Wildman–Crippen MR) is 108 cm³/mol. The number of aromatic amines is 1. The molecule has 0 saturated carbocycles. The Hall–Kier alpha value is -3.49. The van der Waals surface area contributed by atoms with E-state index >= 15 is 0 Å². The summed E-state index contributed by atoms with van der Waals surface area (Å²) < 4.78 is 10.5. The first-order chi connectivity index (χ1) is 14.6. The van der Waals surface area contributed by atoms with Crippen LogP contribution in [0.15, 0.2) is 45.8 Å². The summed E-state index contributed by atoms with van der Waals surface area (Å²) in [6.07, 6.45) is 3.20. The number of amides is 1. The van der Waals surface area contributed by atoms with Crippen LogP contribution < -0.4 is 10.3 Å². The summed E-state index contributed by atoms with van der Waals surface area (Å²) in [5.74, 6) is 1.67. The van der Waals surface area contributed by atoms with Crippen molar-refractivity contribution in [2.45, 2.75) is 32.1 Å². The number of pyridine rings is 1. The number of aromatic nitrogens is 4. The van der Waals surface area contributed by atoms with Crippen LogP contribution in [0.25, 0.3) is 11.4 Å². The van der Waals surface area contributed by atoms with Gasteiger partial charge in [0.15, 0.2) is 0 Å². The molecule has 0 aliphatic carbocycles. The van der Waals surface area contributed by atoms with Crippen LogP contribution in [0.4, 0.5) is 0 Å². The smallest absolute Gasteiger partial charge is 0.254 e. The molecule has 4 heterocycles. The Morgan fingerprint density at radius 3 is 3.03 bits per heavy atom. The van der Waals surface area contributed by atoms with Gasteiger partial charge in [-0.3, -0.25) is 14.6 Å². The van der Waals surface area contributed by atoms with Crippen LogP contribution in [-0.2, 0) is 11.2 Å². The maximum atomic E-state index is 12.6. The zero-order valence-corrected chi connectivity index (χ0v) is 16.7. The number of carbonyl (C=O) groups is 1. The normalized spacial score (nSPS) is 16.0. The van der Waals surface area contributed by atoms with Crippen molar-refractivity contribution in [2.24, 2.45) is 0 Å². The van der Waals surface area contributed by atoms with Crippen molar-refractivity contribution in [3.05, 3.63) is 58.5 Å². The fourth-order valence-corrected chi connectivity index (χ4v) is 3.54. The molecular weight excluding hydrogens is 386 g/mol. The van der Waals surface area contributed by atoms with Crippen molar-refractivity contribution in [1.29, 1.82) is 0 Å². The summed E-state index contributed by atoms with van der Waals surface area (Å²) in [4.78, 5) is 38.2. The first-order valence-corrected chi connectivity index (χ1v) is 10.0. The monoisotopic (exact) mass is 409 g/mol. The fraction of sp³-hybridized carbons (Fsp3) is 0.381. The number of rotatable bonds is 7. The second-order valence-electron chi connectivity index (χ2n) is 7.12. The van der Waals surface area contributed by atoms with Gasteiger partial charge >= 0.3 is 0 Å². The van der Waals surface area contributed by atoms with Gasteiger partial charge in [-0.25, -0.2) is 4.98 Å². The molecule has 1 unspecified atom stereocenters. The number of nitrogens with zero attached hydrogens (tertiary/aromatic N) is 4. The SMILES string of the molecule is CCOc1cc(CCC(=O)N2CCC(c3nc(-c4ccccn4)cc(=O)[nH]3)C2)on1. The molecule has 1 fully saturated rings. The van der Waals surface area contributed by atoms with E-state index in [9.17, 15) is 9.59 Å². The minimum absolute atomic E-state index is 0.0138. The van der Waals surface area contributed by atoms with E-state index in [2.05, 4.69) is 20.1 Å². The molecule has 9 nitrogen and oxygen atoms in total. The number of ether oxygens (including phenoxy) is 1. The van der Waals surface area contributed by atoms with E-state index in [0.717, 1.165) is 6.42 Å². The summed E-state index contributed by atoms with van der Waals surface area (Å²) in [6, 6.07) is 8.64. The summed E-state index contributed by atoms with van der Waals surface area (Å²) in [6.45, 7) is 3.53. The van der Waals surface area contributed by atoms with Gasteiger partial charge in [-0.05, 0) is 30.6 Å². The second kappa shape index (κ2) is 8.89. The third-order valence-corrected chi connectivity index (χ3v) is 5.03. The molecule has 3 aromatic rings. The highest BCUT2D eigenvalue weighted by Crippen LogP contribution is 2.26. The highest BCUT2D eigenvalue weighted by atomic mass is 16.5. The van der Waals surface area contributed by atoms with E-state index in [-0.39, 0.29) is 17.4 Å². The quantitative estimate of drug-likeness (QED) is 0.636. The van der Waals surface area contributed by atoms with Crippen molar-refractivity contribution >= 4 is 5.91 Å². The molecular formula is C21H23N5O4. The van der Waals surface area contributed by atoms with Crippen molar-refractivity contribution in [3.63, 3.8) is 0 Å². The first-order valence-electron chi connectivity index (χ1n) is 10.0. The van der Waals surface area contributed by atoms with Gasteiger partial charge in [-0.15, -0.1) is 0 Å². The van der Waals surface area contributed by atoms with E-state index in [4.69, 9.17) is 9.26 Å². The molecule has 3 aromatic heterocycles. The minimum Gasteiger partial charge on any atom is -0.476 e. The van der Waals surface area contributed by atoms with Crippen LogP contribution >= 0.6 is 0 Å². The van der Waals surface area contributed by atoms with E-state index in [0.29, 0.717) is 61.4 Å². The van der Waals surface area contributed by atoms with Gasteiger partial charge in [-0.2, -0.15) is 0 Å². The highest BCUT2D eigenvalue weighted by molar-refractivity contribution is 5.76. The number of H-pyrrole nitrogens is 1. The second-order valence-corrected chi connectivity index (χ2v) is 7.12. The molecule has 9 heteroatoms. The molecule has 1 amide bonds. The van der Waals surface area contributed by atoms with Gasteiger partial charge in [0.2, 0.25) is 5.91 Å². The topological polar surface area (TPSA) is 114 Å². The zero-order chi connectivity index (χ0) is 20.9. The van der Waals surface area contributed by atoms with Crippen molar-refractivity contribution in [2.75, 3.05) is 19.7 Å². The number of aryl methyl sites for hydroxylation is 1. The molecule has 0 aromatic carbocycles. The Morgan fingerprint density at radius 2 is 2.23 bits per heavy atom. The molecule has 1 aliphatic heterocycles. The summed E-state index contributed by atoms with van der Waals surface area (Å²) in [5, 5.41) is 3.81. The molecule has 1 N–H and O–H groups in total. The molecule has 0 radical (unpaired) electrons. The Kier molecular flexibility index (Phi) is 5.87. The predicted octanol–water partition coefficient (Wildman–Crippen LogP) is 2.17. The number of carbonyl (C=O) groups excluding carboxylic acids is 1. The Morgan fingerprint density at radius 1 is 1.33 bits per heavy atom. The fourth-order valence-electron chi connectivity index (χ4n) is 3.54. The van der Waals surface area contributed by atoms with Gasteiger partial charge in [0.05, 0.1) is 18.0 Å². The lowest BCUT2D eigenvalue weighted by Gasteiger charge is -2.16. The third-order valence-electron chi connectivity index (χ3n) is 5.03. The largest absolute Gasteiger partial charge is 0.476 e. The maximum Gasteiger partial charge on any atom is 0.254 e. The average molecular weight is 409 g/mol. The van der Waals surface area contributed by atoms with Crippen LogP contribution in [-0.4, -0.2) is 50.6 Å². The van der Waals surface area contributed by atoms with Crippen LogP contribution in [0.1, 0.15) is 37.3 Å². The van der Waals surface area contributed by atoms with Crippen LogP contribution in [0.2, 0.25) is 0 Å². The molecule has 4 rings (SSSR count). The van der Waals surface area contributed by atoms with E-state index in [1.807, 2.05) is 25.1 Å².